The first-order chi connectivity index (χ1) is 7.02. The zero-order valence-corrected chi connectivity index (χ0v) is 7.48. The van der Waals surface area contributed by atoms with Crippen molar-refractivity contribution in [3.8, 4) is 0 Å². The first kappa shape index (κ1) is 10.8. The maximum absolute atomic E-state index is 11.2. The van der Waals surface area contributed by atoms with E-state index in [1.165, 1.54) is 12.3 Å². The van der Waals surface area contributed by atoms with Gasteiger partial charge in [-0.3, -0.25) is 14.9 Å². The zero-order valence-electron chi connectivity index (χ0n) is 7.48. The van der Waals surface area contributed by atoms with Gasteiger partial charge in [0.2, 0.25) is 0 Å². The van der Waals surface area contributed by atoms with E-state index in [9.17, 15) is 19.5 Å². The highest BCUT2D eigenvalue weighted by Gasteiger charge is 2.21. The number of dihydropyridines is 1. The number of carboxylic acid groups (broad SMARTS) is 1. The summed E-state index contributed by atoms with van der Waals surface area (Å²) in [7, 11) is 0. The Kier molecular flexibility index (Phi) is 3.06. The van der Waals surface area contributed by atoms with E-state index in [0.717, 1.165) is 0 Å². The van der Waals surface area contributed by atoms with E-state index in [1.54, 1.807) is 5.32 Å². The van der Waals surface area contributed by atoms with Crippen LogP contribution in [0.5, 0.6) is 0 Å². The summed E-state index contributed by atoms with van der Waals surface area (Å²) in [6, 6.07) is 0. The Morgan fingerprint density at radius 2 is 2.07 bits per heavy atom. The molecule has 7 nitrogen and oxygen atoms in total. The van der Waals surface area contributed by atoms with Gasteiger partial charge in [0.1, 0.15) is 5.76 Å². The van der Waals surface area contributed by atoms with Gasteiger partial charge in [-0.15, -0.1) is 0 Å². The van der Waals surface area contributed by atoms with Crippen LogP contribution in [0.4, 0.5) is 0 Å². The second-order valence-corrected chi connectivity index (χ2v) is 2.67. The Morgan fingerprint density at radius 1 is 1.40 bits per heavy atom. The number of hydrogen-bond donors (Lipinski definition) is 4. The van der Waals surface area contributed by atoms with Gasteiger partial charge in [-0.2, -0.15) is 0 Å². The van der Waals surface area contributed by atoms with E-state index >= 15 is 0 Å². The molecule has 0 spiro atoms. The summed E-state index contributed by atoms with van der Waals surface area (Å²) in [5, 5.41) is 21.7. The number of carbonyl (C=O) groups excluding carboxylic acids is 2. The monoisotopic (exact) mass is 212 g/mol. The summed E-state index contributed by atoms with van der Waals surface area (Å²) >= 11 is 0. The molecule has 15 heavy (non-hydrogen) atoms. The number of carboxylic acids is 1. The molecule has 0 aromatic heterocycles. The number of hydrogen-bond acceptors (Lipinski definition) is 5. The van der Waals surface area contributed by atoms with E-state index in [4.69, 9.17) is 5.11 Å². The van der Waals surface area contributed by atoms with Crippen LogP contribution in [-0.4, -0.2) is 34.5 Å². The van der Waals surface area contributed by atoms with Crippen LogP contribution >= 0.6 is 0 Å². The van der Waals surface area contributed by atoms with Gasteiger partial charge in [0.25, 0.3) is 5.91 Å². The first-order valence-electron chi connectivity index (χ1n) is 3.93. The average molecular weight is 212 g/mol. The molecule has 2 amide bonds. The lowest BCUT2D eigenvalue weighted by atomic mass is 10.1. The van der Waals surface area contributed by atoms with Crippen LogP contribution in [0.2, 0.25) is 0 Å². The summed E-state index contributed by atoms with van der Waals surface area (Å²) in [5.41, 5.74) is -0.0906. The van der Waals surface area contributed by atoms with Gasteiger partial charge in [0, 0.05) is 12.7 Å². The fourth-order valence-corrected chi connectivity index (χ4v) is 0.919. The van der Waals surface area contributed by atoms with Crippen molar-refractivity contribution in [2.24, 2.45) is 0 Å². The predicted octanol–water partition coefficient (Wildman–Crippen LogP) is -1.36. The van der Waals surface area contributed by atoms with Gasteiger partial charge in [0.15, 0.2) is 0 Å². The smallest absolute Gasteiger partial charge is 0.394 e. The maximum atomic E-state index is 11.2. The molecule has 0 aromatic rings. The molecule has 1 aliphatic rings. The number of aliphatic carboxylic acids is 1. The van der Waals surface area contributed by atoms with Crippen LogP contribution in [0, 0.1) is 0 Å². The Labute approximate surface area is 84.1 Å². The van der Waals surface area contributed by atoms with Crippen molar-refractivity contribution in [1.82, 2.24) is 10.6 Å². The fraction of sp³-hybridized carbons (Fsp3) is 0.125. The fourth-order valence-electron chi connectivity index (χ4n) is 0.919. The van der Waals surface area contributed by atoms with Crippen LogP contribution in [0.25, 0.3) is 0 Å². The molecule has 0 atom stereocenters. The van der Waals surface area contributed by atoms with Crippen LogP contribution in [0.3, 0.4) is 0 Å². The quantitative estimate of drug-likeness (QED) is 0.399. The molecule has 4 N–H and O–H groups in total. The number of rotatable bonds is 1. The Balaban J connectivity index is 2.73. The van der Waals surface area contributed by atoms with Crippen molar-refractivity contribution in [3.63, 3.8) is 0 Å². The molecule has 1 heterocycles. The van der Waals surface area contributed by atoms with E-state index in [0.29, 0.717) is 0 Å². The Morgan fingerprint density at radius 3 is 2.60 bits per heavy atom. The third-order valence-electron chi connectivity index (χ3n) is 1.64. The van der Waals surface area contributed by atoms with Gasteiger partial charge in [-0.1, -0.05) is 0 Å². The van der Waals surface area contributed by atoms with E-state index < -0.39 is 17.8 Å². The van der Waals surface area contributed by atoms with Crippen molar-refractivity contribution in [1.29, 1.82) is 0 Å². The summed E-state index contributed by atoms with van der Waals surface area (Å²) in [6.07, 6.45) is 2.65. The minimum atomic E-state index is -1.76. The molecule has 0 radical (unpaired) electrons. The number of aliphatic hydroxyl groups is 1. The Hall–Kier alpha value is -2.31. The molecule has 0 fully saturated rings. The predicted molar refractivity (Wildman–Crippen MR) is 47.6 cm³/mol. The molecule has 0 unspecified atom stereocenters. The highest BCUT2D eigenvalue weighted by atomic mass is 16.4. The summed E-state index contributed by atoms with van der Waals surface area (Å²) < 4.78 is 0. The standard InChI is InChI=1S/C8H8N2O5/c11-5-1-2-9-3-4(5)6(12)10-7(13)8(14)15/h1-2,9,11H,3H2,(H,14,15)(H,10,12,13). The minimum Gasteiger partial charge on any atom is -0.507 e. The average Bonchev–Trinajstić information content (AvgIpc) is 2.18. The second-order valence-electron chi connectivity index (χ2n) is 2.67. The van der Waals surface area contributed by atoms with Gasteiger partial charge in [-0.25, -0.2) is 4.79 Å². The number of amides is 2. The lowest BCUT2D eigenvalue weighted by Gasteiger charge is -2.11. The van der Waals surface area contributed by atoms with Crippen molar-refractivity contribution < 1.29 is 24.6 Å². The molecule has 80 valence electrons. The molecular weight excluding hydrogens is 204 g/mol. The lowest BCUT2D eigenvalue weighted by molar-refractivity contribution is -0.151. The molecule has 0 aromatic carbocycles. The molecular formula is C8H8N2O5. The van der Waals surface area contributed by atoms with Gasteiger partial charge < -0.3 is 15.5 Å². The third-order valence-corrected chi connectivity index (χ3v) is 1.64. The zero-order chi connectivity index (χ0) is 11.4. The number of allylic oxidation sites excluding steroid dienone is 1. The molecule has 0 saturated carbocycles. The Bertz CT molecular complexity index is 382. The molecule has 7 heteroatoms. The SMILES string of the molecule is O=C(O)C(=O)NC(=O)C1=C(O)C=CNC1. The third kappa shape index (κ3) is 2.56. The summed E-state index contributed by atoms with van der Waals surface area (Å²) in [6.45, 7) is 0.0288. The van der Waals surface area contributed by atoms with Crippen LogP contribution < -0.4 is 10.6 Å². The molecule has 1 rings (SSSR count). The lowest BCUT2D eigenvalue weighted by Crippen LogP contribution is -2.39. The topological polar surface area (TPSA) is 116 Å². The van der Waals surface area contributed by atoms with E-state index in [-0.39, 0.29) is 17.9 Å². The highest BCUT2D eigenvalue weighted by Crippen LogP contribution is 2.05. The van der Waals surface area contributed by atoms with Gasteiger partial charge in [0.05, 0.1) is 5.57 Å². The molecule has 0 bridgehead atoms. The van der Waals surface area contributed by atoms with E-state index in [2.05, 4.69) is 5.32 Å². The van der Waals surface area contributed by atoms with Gasteiger partial charge in [-0.05, 0) is 6.08 Å². The number of imide groups is 1. The normalized spacial score (nSPS) is 14.4. The minimum absolute atomic E-state index is 0.0288. The largest absolute Gasteiger partial charge is 0.507 e. The van der Waals surface area contributed by atoms with Crippen LogP contribution in [-0.2, 0) is 14.4 Å². The molecule has 1 aliphatic heterocycles. The van der Waals surface area contributed by atoms with Gasteiger partial charge >= 0.3 is 11.9 Å². The number of nitrogens with one attached hydrogen (secondary N) is 2. The number of carbonyl (C=O) groups is 3. The maximum Gasteiger partial charge on any atom is 0.394 e. The molecule has 0 aliphatic carbocycles. The number of aliphatic hydroxyl groups excluding tert-OH is 1. The summed E-state index contributed by atoms with van der Waals surface area (Å²) in [5.74, 6) is -4.43. The first-order valence-corrected chi connectivity index (χ1v) is 3.93. The highest BCUT2D eigenvalue weighted by molar-refractivity contribution is 6.35. The summed E-state index contributed by atoms with van der Waals surface area (Å²) in [4.78, 5) is 32.0. The van der Waals surface area contributed by atoms with Crippen LogP contribution in [0.15, 0.2) is 23.6 Å². The van der Waals surface area contributed by atoms with Crippen molar-refractivity contribution in [2.75, 3.05) is 6.54 Å². The van der Waals surface area contributed by atoms with Crippen molar-refractivity contribution in [2.45, 2.75) is 0 Å². The van der Waals surface area contributed by atoms with Crippen molar-refractivity contribution >= 4 is 17.8 Å². The van der Waals surface area contributed by atoms with Crippen LogP contribution in [0.1, 0.15) is 0 Å². The van der Waals surface area contributed by atoms with E-state index in [1.807, 2.05) is 0 Å². The molecule has 0 saturated heterocycles. The second kappa shape index (κ2) is 4.27. The van der Waals surface area contributed by atoms with Crippen molar-refractivity contribution in [3.05, 3.63) is 23.6 Å².